The van der Waals surface area contributed by atoms with Crippen LogP contribution in [0.2, 0.25) is 0 Å². The van der Waals surface area contributed by atoms with Gasteiger partial charge in [0.1, 0.15) is 0 Å². The molecule has 1 aromatic rings. The van der Waals surface area contributed by atoms with Gasteiger partial charge in [-0.05, 0) is 18.6 Å². The third-order valence-corrected chi connectivity index (χ3v) is 2.04. The number of hydrogen-bond donors (Lipinski definition) is 0. The Labute approximate surface area is 89.9 Å². The van der Waals surface area contributed by atoms with Crippen LogP contribution in [0.5, 0.6) is 0 Å². The standard InChI is InChI=1S/C12H15NO2/c1-10-5-4-6-11(9-10)7-8-12(14)13(2)15-3/h4-9H,1-3H3/b8-7+. The van der Waals surface area contributed by atoms with E-state index in [0.29, 0.717) is 0 Å². The average Bonchev–Trinajstić information content (AvgIpc) is 2.25. The number of hydrogen-bond acceptors (Lipinski definition) is 2. The topological polar surface area (TPSA) is 29.5 Å². The highest BCUT2D eigenvalue weighted by molar-refractivity contribution is 5.90. The molecule has 15 heavy (non-hydrogen) atoms. The zero-order chi connectivity index (χ0) is 11.3. The lowest BCUT2D eigenvalue weighted by atomic mass is 10.1. The van der Waals surface area contributed by atoms with Crippen molar-refractivity contribution in [3.8, 4) is 0 Å². The largest absolute Gasteiger partial charge is 0.274 e. The van der Waals surface area contributed by atoms with Crippen LogP contribution in [0.3, 0.4) is 0 Å². The van der Waals surface area contributed by atoms with Gasteiger partial charge in [0, 0.05) is 13.1 Å². The lowest BCUT2D eigenvalue weighted by Gasteiger charge is -2.09. The van der Waals surface area contributed by atoms with E-state index in [1.807, 2.05) is 31.2 Å². The van der Waals surface area contributed by atoms with E-state index in [0.717, 1.165) is 5.56 Å². The second-order valence-corrected chi connectivity index (χ2v) is 3.27. The SMILES string of the molecule is CON(C)C(=O)/C=C/c1cccc(C)c1. The van der Waals surface area contributed by atoms with E-state index in [1.165, 1.54) is 23.8 Å². The smallest absolute Gasteiger partial charge is 0.269 e. The van der Waals surface area contributed by atoms with Gasteiger partial charge < -0.3 is 0 Å². The Hall–Kier alpha value is -1.61. The van der Waals surface area contributed by atoms with Gasteiger partial charge in [-0.3, -0.25) is 9.63 Å². The van der Waals surface area contributed by atoms with Gasteiger partial charge in [-0.15, -0.1) is 0 Å². The molecule has 0 aliphatic heterocycles. The molecule has 0 N–H and O–H groups in total. The molecule has 0 heterocycles. The van der Waals surface area contributed by atoms with Gasteiger partial charge in [0.15, 0.2) is 0 Å². The summed E-state index contributed by atoms with van der Waals surface area (Å²) in [4.78, 5) is 16.1. The molecule has 0 aromatic heterocycles. The van der Waals surface area contributed by atoms with Crippen LogP contribution in [-0.2, 0) is 9.63 Å². The number of likely N-dealkylation sites (N-methyl/N-ethyl adjacent to an activating group) is 1. The van der Waals surface area contributed by atoms with Gasteiger partial charge in [0.2, 0.25) is 0 Å². The molecule has 0 unspecified atom stereocenters. The fourth-order valence-electron chi connectivity index (χ4n) is 1.14. The quantitative estimate of drug-likeness (QED) is 0.558. The predicted octanol–water partition coefficient (Wildman–Crippen LogP) is 2.03. The number of hydroxylamine groups is 2. The van der Waals surface area contributed by atoms with Crippen molar-refractivity contribution in [1.82, 2.24) is 5.06 Å². The highest BCUT2D eigenvalue weighted by atomic mass is 16.7. The Morgan fingerprint density at radius 3 is 2.80 bits per heavy atom. The summed E-state index contributed by atoms with van der Waals surface area (Å²) < 4.78 is 0. The fourth-order valence-corrected chi connectivity index (χ4v) is 1.14. The van der Waals surface area contributed by atoms with Crippen molar-refractivity contribution in [2.45, 2.75) is 6.92 Å². The zero-order valence-electron chi connectivity index (χ0n) is 9.23. The van der Waals surface area contributed by atoms with Crippen molar-refractivity contribution in [2.75, 3.05) is 14.2 Å². The lowest BCUT2D eigenvalue weighted by molar-refractivity contribution is -0.162. The second-order valence-electron chi connectivity index (χ2n) is 3.27. The van der Waals surface area contributed by atoms with Crippen LogP contribution in [0.25, 0.3) is 6.08 Å². The van der Waals surface area contributed by atoms with Crippen molar-refractivity contribution in [2.24, 2.45) is 0 Å². The number of amides is 1. The van der Waals surface area contributed by atoms with Crippen molar-refractivity contribution in [1.29, 1.82) is 0 Å². The highest BCUT2D eigenvalue weighted by Crippen LogP contribution is 2.05. The maximum atomic E-state index is 11.3. The van der Waals surface area contributed by atoms with E-state index in [-0.39, 0.29) is 5.91 Å². The molecule has 0 atom stereocenters. The summed E-state index contributed by atoms with van der Waals surface area (Å²) in [5.74, 6) is -0.181. The van der Waals surface area contributed by atoms with Crippen LogP contribution in [0.1, 0.15) is 11.1 Å². The van der Waals surface area contributed by atoms with Crippen molar-refractivity contribution in [3.05, 3.63) is 41.5 Å². The third kappa shape index (κ3) is 3.56. The van der Waals surface area contributed by atoms with Gasteiger partial charge in [0.05, 0.1) is 7.11 Å². The molecular weight excluding hydrogens is 190 g/mol. The minimum Gasteiger partial charge on any atom is -0.274 e. The van der Waals surface area contributed by atoms with Crippen LogP contribution < -0.4 is 0 Å². The molecule has 0 saturated heterocycles. The first-order chi connectivity index (χ1) is 7.13. The van der Waals surface area contributed by atoms with E-state index < -0.39 is 0 Å². The minimum atomic E-state index is -0.181. The molecule has 0 aliphatic rings. The second kappa shape index (κ2) is 5.32. The van der Waals surface area contributed by atoms with E-state index in [4.69, 9.17) is 4.84 Å². The Kier molecular flexibility index (Phi) is 4.06. The third-order valence-electron chi connectivity index (χ3n) is 2.04. The lowest BCUT2D eigenvalue weighted by Crippen LogP contribution is -2.22. The number of benzene rings is 1. The summed E-state index contributed by atoms with van der Waals surface area (Å²) in [6.45, 7) is 2.01. The molecule has 0 fully saturated rings. The summed E-state index contributed by atoms with van der Waals surface area (Å²) in [5.41, 5.74) is 2.18. The van der Waals surface area contributed by atoms with Gasteiger partial charge in [-0.2, -0.15) is 0 Å². The average molecular weight is 205 g/mol. The first kappa shape index (κ1) is 11.5. The Morgan fingerprint density at radius 2 is 2.20 bits per heavy atom. The van der Waals surface area contributed by atoms with Crippen LogP contribution in [0.4, 0.5) is 0 Å². The van der Waals surface area contributed by atoms with Gasteiger partial charge in [-0.1, -0.05) is 29.8 Å². The van der Waals surface area contributed by atoms with E-state index in [9.17, 15) is 4.79 Å². The number of rotatable bonds is 3. The molecule has 3 heteroatoms. The van der Waals surface area contributed by atoms with Gasteiger partial charge in [-0.25, -0.2) is 5.06 Å². The summed E-state index contributed by atoms with van der Waals surface area (Å²) in [6, 6.07) is 7.93. The molecule has 80 valence electrons. The minimum absolute atomic E-state index is 0.181. The fraction of sp³-hybridized carbons (Fsp3) is 0.250. The summed E-state index contributed by atoms with van der Waals surface area (Å²) in [7, 11) is 3.03. The summed E-state index contributed by atoms with van der Waals surface area (Å²) in [5, 5.41) is 1.17. The Bertz CT molecular complexity index is 372. The first-order valence-electron chi connectivity index (χ1n) is 4.70. The van der Waals surface area contributed by atoms with E-state index in [2.05, 4.69) is 0 Å². The van der Waals surface area contributed by atoms with Gasteiger partial charge >= 0.3 is 0 Å². The van der Waals surface area contributed by atoms with Crippen LogP contribution in [-0.4, -0.2) is 25.1 Å². The number of aryl methyl sites for hydroxylation is 1. The molecule has 0 bridgehead atoms. The Morgan fingerprint density at radius 1 is 1.47 bits per heavy atom. The summed E-state index contributed by atoms with van der Waals surface area (Å²) >= 11 is 0. The van der Waals surface area contributed by atoms with Crippen molar-refractivity contribution in [3.63, 3.8) is 0 Å². The number of carbonyl (C=O) groups is 1. The molecule has 0 saturated carbocycles. The Balaban J connectivity index is 2.69. The summed E-state index contributed by atoms with van der Waals surface area (Å²) in [6.07, 6.45) is 3.25. The molecule has 0 radical (unpaired) electrons. The molecule has 0 aliphatic carbocycles. The number of nitrogens with zero attached hydrogens (tertiary/aromatic N) is 1. The highest BCUT2D eigenvalue weighted by Gasteiger charge is 2.01. The van der Waals surface area contributed by atoms with E-state index in [1.54, 1.807) is 13.1 Å². The molecule has 0 spiro atoms. The molecular formula is C12H15NO2. The van der Waals surface area contributed by atoms with Crippen molar-refractivity contribution >= 4 is 12.0 Å². The van der Waals surface area contributed by atoms with Crippen LogP contribution in [0.15, 0.2) is 30.3 Å². The monoisotopic (exact) mass is 205 g/mol. The molecule has 3 nitrogen and oxygen atoms in total. The van der Waals surface area contributed by atoms with E-state index >= 15 is 0 Å². The van der Waals surface area contributed by atoms with Crippen LogP contribution >= 0.6 is 0 Å². The normalized spacial score (nSPS) is 10.6. The van der Waals surface area contributed by atoms with Gasteiger partial charge in [0.25, 0.3) is 5.91 Å². The first-order valence-corrected chi connectivity index (χ1v) is 4.70. The maximum absolute atomic E-state index is 11.3. The molecule has 1 aromatic carbocycles. The zero-order valence-corrected chi connectivity index (χ0v) is 9.23. The predicted molar refractivity (Wildman–Crippen MR) is 60.0 cm³/mol. The number of carbonyl (C=O) groups excluding carboxylic acids is 1. The maximum Gasteiger partial charge on any atom is 0.269 e. The van der Waals surface area contributed by atoms with Crippen LogP contribution in [0, 0.1) is 6.92 Å². The molecule has 1 amide bonds. The molecule has 1 rings (SSSR count). The van der Waals surface area contributed by atoms with Crippen molar-refractivity contribution < 1.29 is 9.63 Å².